The molecule has 1 aromatic rings. The molecule has 1 aromatic carbocycles. The van der Waals surface area contributed by atoms with Crippen molar-refractivity contribution >= 4 is 0 Å². The second-order valence-electron chi connectivity index (χ2n) is 4.76. The van der Waals surface area contributed by atoms with E-state index in [0.717, 1.165) is 25.7 Å². The van der Waals surface area contributed by atoms with E-state index in [-0.39, 0.29) is 5.60 Å². The smallest absolute Gasteiger partial charge is 0.224 e. The molecule has 17 heavy (non-hydrogen) atoms. The minimum atomic E-state index is -0.658. The average molecular weight is 236 g/mol. The van der Waals surface area contributed by atoms with Gasteiger partial charge in [0.15, 0.2) is 0 Å². The first kappa shape index (κ1) is 11.2. The predicted octanol–water partition coefficient (Wildman–Crippen LogP) is 2.78. The molecule has 1 N–H and O–H groups in total. The van der Waals surface area contributed by atoms with Crippen LogP contribution < -0.4 is 0 Å². The first-order valence-electron chi connectivity index (χ1n) is 6.07. The molecule has 0 amide bonds. The summed E-state index contributed by atoms with van der Waals surface area (Å²) < 4.78 is 0. The molecule has 1 heterocycles. The third-order valence-electron chi connectivity index (χ3n) is 3.75. The Morgan fingerprint density at radius 2 is 2.18 bits per heavy atom. The van der Waals surface area contributed by atoms with Crippen LogP contribution in [0.3, 0.4) is 0 Å². The minimum Gasteiger partial charge on any atom is -0.249 e. The van der Waals surface area contributed by atoms with Crippen LogP contribution in [-0.4, -0.2) is 11.5 Å². The SMILES string of the molecule is OOC1CCC2(CCCc3ccccc32)OO1. The molecule has 4 heteroatoms. The van der Waals surface area contributed by atoms with E-state index >= 15 is 0 Å². The van der Waals surface area contributed by atoms with Gasteiger partial charge in [-0.05, 0) is 36.8 Å². The molecule has 1 saturated heterocycles. The van der Waals surface area contributed by atoms with Gasteiger partial charge in [0.2, 0.25) is 6.29 Å². The van der Waals surface area contributed by atoms with Crippen LogP contribution in [0, 0.1) is 0 Å². The zero-order valence-corrected chi connectivity index (χ0v) is 9.59. The Balaban J connectivity index is 1.89. The molecule has 1 spiro atoms. The summed E-state index contributed by atoms with van der Waals surface area (Å²) in [5.41, 5.74) is 2.22. The van der Waals surface area contributed by atoms with Crippen LogP contribution in [0.15, 0.2) is 24.3 Å². The van der Waals surface area contributed by atoms with Gasteiger partial charge >= 0.3 is 0 Å². The molecule has 92 valence electrons. The summed E-state index contributed by atoms with van der Waals surface area (Å²) in [5.74, 6) is 0. The van der Waals surface area contributed by atoms with Crippen LogP contribution in [-0.2, 0) is 26.7 Å². The van der Waals surface area contributed by atoms with Crippen molar-refractivity contribution in [2.45, 2.75) is 44.0 Å². The van der Waals surface area contributed by atoms with Crippen molar-refractivity contribution < 1.29 is 19.9 Å². The Labute approximate surface area is 100.0 Å². The van der Waals surface area contributed by atoms with Crippen molar-refractivity contribution in [2.75, 3.05) is 0 Å². The lowest BCUT2D eigenvalue weighted by Gasteiger charge is -2.41. The van der Waals surface area contributed by atoms with Crippen molar-refractivity contribution in [1.29, 1.82) is 0 Å². The molecule has 4 nitrogen and oxygen atoms in total. The fourth-order valence-corrected chi connectivity index (χ4v) is 2.88. The van der Waals surface area contributed by atoms with Crippen LogP contribution in [0.25, 0.3) is 0 Å². The Bertz CT molecular complexity index is 396. The maximum Gasteiger partial charge on any atom is 0.224 e. The second kappa shape index (κ2) is 4.38. The van der Waals surface area contributed by atoms with E-state index in [4.69, 9.17) is 15.0 Å². The Morgan fingerprint density at radius 1 is 1.29 bits per heavy atom. The van der Waals surface area contributed by atoms with Gasteiger partial charge in [0, 0.05) is 6.42 Å². The number of rotatable bonds is 1. The van der Waals surface area contributed by atoms with Gasteiger partial charge in [-0.1, -0.05) is 24.3 Å². The van der Waals surface area contributed by atoms with Crippen LogP contribution in [0.5, 0.6) is 0 Å². The fraction of sp³-hybridized carbons (Fsp3) is 0.538. The highest BCUT2D eigenvalue weighted by molar-refractivity contribution is 5.35. The van der Waals surface area contributed by atoms with E-state index in [2.05, 4.69) is 23.1 Å². The summed E-state index contributed by atoms with van der Waals surface area (Å²) in [4.78, 5) is 14.8. The number of benzene rings is 1. The summed E-state index contributed by atoms with van der Waals surface area (Å²) in [6.45, 7) is 0. The number of aryl methyl sites for hydroxylation is 1. The molecular formula is C13H16O4. The highest BCUT2D eigenvalue weighted by Gasteiger charge is 2.43. The minimum absolute atomic E-state index is 0.343. The van der Waals surface area contributed by atoms with Crippen molar-refractivity contribution in [1.82, 2.24) is 0 Å². The lowest BCUT2D eigenvalue weighted by atomic mass is 9.76. The first-order chi connectivity index (χ1) is 8.34. The highest BCUT2D eigenvalue weighted by atomic mass is 17.3. The summed E-state index contributed by atoms with van der Waals surface area (Å²) >= 11 is 0. The zero-order valence-electron chi connectivity index (χ0n) is 9.59. The van der Waals surface area contributed by atoms with E-state index in [9.17, 15) is 0 Å². The maximum atomic E-state index is 8.57. The zero-order chi connectivity index (χ0) is 11.7. The quantitative estimate of drug-likeness (QED) is 0.601. The molecule has 3 rings (SSSR count). The second-order valence-corrected chi connectivity index (χ2v) is 4.76. The summed E-state index contributed by atoms with van der Waals surface area (Å²) in [7, 11) is 0. The van der Waals surface area contributed by atoms with E-state index in [1.807, 2.05) is 6.07 Å². The Morgan fingerprint density at radius 3 is 2.94 bits per heavy atom. The average Bonchev–Trinajstić information content (AvgIpc) is 2.40. The molecule has 2 atom stereocenters. The van der Waals surface area contributed by atoms with Crippen LogP contribution in [0.2, 0.25) is 0 Å². The molecule has 2 aliphatic rings. The number of hydrogen-bond donors (Lipinski definition) is 1. The molecule has 2 unspecified atom stereocenters. The van der Waals surface area contributed by atoms with Crippen LogP contribution in [0.1, 0.15) is 36.8 Å². The normalized spacial score (nSPS) is 32.4. The van der Waals surface area contributed by atoms with Crippen molar-refractivity contribution in [2.24, 2.45) is 0 Å². The summed E-state index contributed by atoms with van der Waals surface area (Å²) in [6.07, 6.45) is 3.96. The largest absolute Gasteiger partial charge is 0.249 e. The topological polar surface area (TPSA) is 47.9 Å². The van der Waals surface area contributed by atoms with Crippen molar-refractivity contribution in [3.8, 4) is 0 Å². The molecule has 0 bridgehead atoms. The van der Waals surface area contributed by atoms with Crippen LogP contribution >= 0.6 is 0 Å². The molecular weight excluding hydrogens is 220 g/mol. The Hall–Kier alpha value is -0.940. The third kappa shape index (κ3) is 1.87. The van der Waals surface area contributed by atoms with E-state index in [1.54, 1.807) is 0 Å². The fourth-order valence-electron chi connectivity index (χ4n) is 2.88. The van der Waals surface area contributed by atoms with Crippen LogP contribution in [0.4, 0.5) is 0 Å². The number of fused-ring (bicyclic) bond motifs is 2. The van der Waals surface area contributed by atoms with Gasteiger partial charge in [0.1, 0.15) is 5.60 Å². The standard InChI is InChI=1S/C13H16O4/c14-15-12-7-9-13(17-16-12)8-3-5-10-4-1-2-6-11(10)13/h1-2,4,6,12,14H,3,5,7-9H2. The number of hydrogen-bond acceptors (Lipinski definition) is 4. The Kier molecular flexibility index (Phi) is 2.88. The van der Waals surface area contributed by atoms with Gasteiger partial charge < -0.3 is 0 Å². The highest BCUT2D eigenvalue weighted by Crippen LogP contribution is 2.44. The predicted molar refractivity (Wildman–Crippen MR) is 60.0 cm³/mol. The lowest BCUT2D eigenvalue weighted by Crippen LogP contribution is -2.40. The van der Waals surface area contributed by atoms with Gasteiger partial charge in [-0.2, -0.15) is 0 Å². The molecule has 1 aliphatic carbocycles. The third-order valence-corrected chi connectivity index (χ3v) is 3.75. The molecule has 0 aromatic heterocycles. The first-order valence-corrected chi connectivity index (χ1v) is 6.07. The maximum absolute atomic E-state index is 8.57. The molecule has 1 fully saturated rings. The molecule has 1 aliphatic heterocycles. The van der Waals surface area contributed by atoms with Gasteiger partial charge in [-0.15, -0.1) is 0 Å². The van der Waals surface area contributed by atoms with Gasteiger partial charge in [-0.25, -0.2) is 19.9 Å². The molecule has 0 saturated carbocycles. The lowest BCUT2D eigenvalue weighted by molar-refractivity contribution is -0.501. The van der Waals surface area contributed by atoms with E-state index in [1.165, 1.54) is 11.1 Å². The van der Waals surface area contributed by atoms with Crippen molar-refractivity contribution in [3.63, 3.8) is 0 Å². The molecule has 0 radical (unpaired) electrons. The van der Waals surface area contributed by atoms with Gasteiger partial charge in [0.05, 0.1) is 0 Å². The summed E-state index contributed by atoms with van der Waals surface area (Å²) in [6, 6.07) is 8.34. The van der Waals surface area contributed by atoms with E-state index in [0.29, 0.717) is 6.42 Å². The van der Waals surface area contributed by atoms with E-state index < -0.39 is 6.29 Å². The van der Waals surface area contributed by atoms with Crippen molar-refractivity contribution in [3.05, 3.63) is 35.4 Å². The van der Waals surface area contributed by atoms with Gasteiger partial charge in [0.25, 0.3) is 0 Å². The van der Waals surface area contributed by atoms with Gasteiger partial charge in [-0.3, -0.25) is 0 Å². The summed E-state index contributed by atoms with van der Waals surface area (Å²) in [5, 5.41) is 8.57. The monoisotopic (exact) mass is 236 g/mol.